The molecule has 0 aliphatic carbocycles. The zero-order valence-corrected chi connectivity index (χ0v) is 19.5. The van der Waals surface area contributed by atoms with E-state index >= 15 is 0 Å². The summed E-state index contributed by atoms with van der Waals surface area (Å²) < 4.78 is 5.62. The van der Waals surface area contributed by atoms with Gasteiger partial charge in [0.15, 0.2) is 11.3 Å². The maximum Gasteiger partial charge on any atom is 0.325 e. The van der Waals surface area contributed by atoms with E-state index in [0.29, 0.717) is 23.3 Å². The van der Waals surface area contributed by atoms with E-state index in [4.69, 9.17) is 4.74 Å². The van der Waals surface area contributed by atoms with Crippen molar-refractivity contribution in [1.82, 2.24) is 10.2 Å². The van der Waals surface area contributed by atoms with Crippen LogP contribution in [0.15, 0.2) is 84.9 Å². The second kappa shape index (κ2) is 10.5. The van der Waals surface area contributed by atoms with Gasteiger partial charge < -0.3 is 15.2 Å². The quantitative estimate of drug-likeness (QED) is 0.346. The van der Waals surface area contributed by atoms with Gasteiger partial charge in [0.2, 0.25) is 0 Å². The molecule has 7 nitrogen and oxygen atoms in total. The SMILES string of the molecule is CCC(=O)c1ccc(OCC(O)CN2C(=O)NC(Cc3ccccc3)(c3ccccc3)C2=O)cc1. The molecule has 1 aliphatic heterocycles. The number of imide groups is 1. The summed E-state index contributed by atoms with van der Waals surface area (Å²) in [6.45, 7) is 1.47. The third-order valence-corrected chi connectivity index (χ3v) is 6.09. The number of aliphatic hydroxyl groups is 1. The van der Waals surface area contributed by atoms with Crippen molar-refractivity contribution in [3.05, 3.63) is 102 Å². The predicted octanol–water partition coefficient (Wildman–Crippen LogP) is 3.71. The molecule has 1 heterocycles. The number of hydrogen-bond acceptors (Lipinski definition) is 5. The number of amides is 3. The number of carbonyl (C=O) groups is 3. The first-order valence-electron chi connectivity index (χ1n) is 11.6. The topological polar surface area (TPSA) is 95.9 Å². The summed E-state index contributed by atoms with van der Waals surface area (Å²) in [5.41, 5.74) is 0.912. The fourth-order valence-electron chi connectivity index (χ4n) is 4.23. The molecule has 7 heteroatoms. The standard InChI is InChI=1S/C28H28N2O5/c1-2-25(32)21-13-15-24(16-14-21)35-19-23(31)18-30-26(33)28(29-27(30)34,22-11-7-4-8-12-22)17-20-9-5-3-6-10-20/h3-16,23,31H,2,17-19H2,1H3,(H,29,34). The molecule has 0 radical (unpaired) electrons. The Kier molecular flexibility index (Phi) is 7.27. The Morgan fingerprint density at radius 2 is 1.60 bits per heavy atom. The van der Waals surface area contributed by atoms with E-state index in [-0.39, 0.29) is 25.4 Å². The minimum absolute atomic E-state index is 0.0348. The number of rotatable bonds is 10. The molecule has 1 fully saturated rings. The van der Waals surface area contributed by atoms with Gasteiger partial charge in [0.05, 0.1) is 6.54 Å². The van der Waals surface area contributed by atoms with Crippen LogP contribution in [-0.4, -0.2) is 47.0 Å². The van der Waals surface area contributed by atoms with Gasteiger partial charge >= 0.3 is 6.03 Å². The molecule has 2 atom stereocenters. The molecule has 4 rings (SSSR count). The van der Waals surface area contributed by atoms with Crippen LogP contribution in [0, 0.1) is 0 Å². The van der Waals surface area contributed by atoms with E-state index in [1.807, 2.05) is 60.7 Å². The third kappa shape index (κ3) is 5.25. The number of nitrogens with one attached hydrogen (secondary N) is 1. The summed E-state index contributed by atoms with van der Waals surface area (Å²) >= 11 is 0. The lowest BCUT2D eigenvalue weighted by Gasteiger charge is -2.28. The van der Waals surface area contributed by atoms with Gasteiger partial charge in [-0.15, -0.1) is 0 Å². The van der Waals surface area contributed by atoms with Crippen LogP contribution < -0.4 is 10.1 Å². The van der Waals surface area contributed by atoms with Crippen LogP contribution in [-0.2, 0) is 16.8 Å². The first-order valence-corrected chi connectivity index (χ1v) is 11.6. The fourth-order valence-corrected chi connectivity index (χ4v) is 4.23. The largest absolute Gasteiger partial charge is 0.491 e. The van der Waals surface area contributed by atoms with E-state index in [9.17, 15) is 19.5 Å². The zero-order chi connectivity index (χ0) is 24.8. The molecule has 1 saturated heterocycles. The van der Waals surface area contributed by atoms with Crippen molar-refractivity contribution in [3.63, 3.8) is 0 Å². The number of Topliss-reactive ketones (excluding diaryl/α,β-unsaturated/α-hetero) is 1. The maximum atomic E-state index is 13.6. The summed E-state index contributed by atoms with van der Waals surface area (Å²) in [7, 11) is 0. The number of benzene rings is 3. The Labute approximate surface area is 204 Å². The highest BCUT2D eigenvalue weighted by molar-refractivity contribution is 6.07. The molecule has 35 heavy (non-hydrogen) atoms. The van der Waals surface area contributed by atoms with Crippen LogP contribution in [0.4, 0.5) is 4.79 Å². The van der Waals surface area contributed by atoms with Gasteiger partial charge in [0.1, 0.15) is 18.5 Å². The number of hydrogen-bond donors (Lipinski definition) is 2. The van der Waals surface area contributed by atoms with Gasteiger partial charge in [0, 0.05) is 18.4 Å². The van der Waals surface area contributed by atoms with Crippen LogP contribution >= 0.6 is 0 Å². The summed E-state index contributed by atoms with van der Waals surface area (Å²) in [4.78, 5) is 39.4. The summed E-state index contributed by atoms with van der Waals surface area (Å²) in [6.07, 6.45) is -0.390. The highest BCUT2D eigenvalue weighted by atomic mass is 16.5. The number of aliphatic hydroxyl groups excluding tert-OH is 1. The number of urea groups is 1. The van der Waals surface area contributed by atoms with Crippen molar-refractivity contribution in [3.8, 4) is 5.75 Å². The molecule has 3 aromatic carbocycles. The zero-order valence-electron chi connectivity index (χ0n) is 19.5. The number of ketones is 1. The Morgan fingerprint density at radius 3 is 2.23 bits per heavy atom. The van der Waals surface area contributed by atoms with E-state index in [2.05, 4.69) is 5.32 Å². The predicted molar refractivity (Wildman–Crippen MR) is 131 cm³/mol. The van der Waals surface area contributed by atoms with Gasteiger partial charge in [-0.2, -0.15) is 0 Å². The van der Waals surface area contributed by atoms with Crippen LogP contribution in [0.3, 0.4) is 0 Å². The van der Waals surface area contributed by atoms with E-state index in [0.717, 1.165) is 10.5 Å². The van der Waals surface area contributed by atoms with E-state index < -0.39 is 23.6 Å². The Morgan fingerprint density at radius 1 is 0.971 bits per heavy atom. The number of carbonyl (C=O) groups excluding carboxylic acids is 3. The molecule has 0 spiro atoms. The van der Waals surface area contributed by atoms with Gasteiger partial charge in [-0.1, -0.05) is 67.6 Å². The molecule has 0 aromatic heterocycles. The average Bonchev–Trinajstić information content (AvgIpc) is 3.13. The van der Waals surface area contributed by atoms with E-state index in [1.165, 1.54) is 0 Å². The van der Waals surface area contributed by atoms with Crippen LogP contribution in [0.5, 0.6) is 5.75 Å². The highest BCUT2D eigenvalue weighted by Crippen LogP contribution is 2.33. The van der Waals surface area contributed by atoms with Gasteiger partial charge in [-0.3, -0.25) is 14.5 Å². The third-order valence-electron chi connectivity index (χ3n) is 6.09. The van der Waals surface area contributed by atoms with Crippen molar-refractivity contribution < 1.29 is 24.2 Å². The number of β-amino-alcohol motifs (C(OH)–C–C–N with tert-alkyl or cyclic N) is 1. The number of ether oxygens (including phenoxy) is 1. The van der Waals surface area contributed by atoms with Crippen molar-refractivity contribution in [2.24, 2.45) is 0 Å². The minimum Gasteiger partial charge on any atom is -0.491 e. The molecule has 1 aliphatic rings. The molecule has 2 unspecified atom stereocenters. The van der Waals surface area contributed by atoms with Crippen LogP contribution in [0.25, 0.3) is 0 Å². The normalized spacial score (nSPS) is 18.3. The molecule has 3 amide bonds. The second-order valence-electron chi connectivity index (χ2n) is 8.55. The molecule has 3 aromatic rings. The van der Waals surface area contributed by atoms with Crippen LogP contribution in [0.2, 0.25) is 0 Å². The fraction of sp³-hybridized carbons (Fsp3) is 0.250. The maximum absolute atomic E-state index is 13.6. The first kappa shape index (κ1) is 24.2. The summed E-state index contributed by atoms with van der Waals surface area (Å²) in [6, 6.07) is 24.7. The first-order chi connectivity index (χ1) is 16.9. The highest BCUT2D eigenvalue weighted by Gasteiger charge is 2.52. The average molecular weight is 473 g/mol. The van der Waals surface area contributed by atoms with Gasteiger partial charge in [-0.25, -0.2) is 4.79 Å². The molecular weight excluding hydrogens is 444 g/mol. The lowest BCUT2D eigenvalue weighted by molar-refractivity contribution is -0.132. The van der Waals surface area contributed by atoms with Gasteiger partial charge in [0.25, 0.3) is 5.91 Å². The van der Waals surface area contributed by atoms with Crippen LogP contribution in [0.1, 0.15) is 34.8 Å². The van der Waals surface area contributed by atoms with E-state index in [1.54, 1.807) is 31.2 Å². The van der Waals surface area contributed by atoms with Crippen molar-refractivity contribution in [2.45, 2.75) is 31.4 Å². The molecule has 2 N–H and O–H groups in total. The lowest BCUT2D eigenvalue weighted by atomic mass is 9.83. The number of nitrogens with zero attached hydrogens (tertiary/aromatic N) is 1. The Bertz CT molecular complexity index is 1180. The minimum atomic E-state index is -1.26. The van der Waals surface area contributed by atoms with Crippen molar-refractivity contribution in [1.29, 1.82) is 0 Å². The second-order valence-corrected chi connectivity index (χ2v) is 8.55. The van der Waals surface area contributed by atoms with Crippen molar-refractivity contribution >= 4 is 17.7 Å². The van der Waals surface area contributed by atoms with Crippen molar-refractivity contribution in [2.75, 3.05) is 13.2 Å². The Balaban J connectivity index is 1.47. The monoisotopic (exact) mass is 472 g/mol. The molecular formula is C28H28N2O5. The van der Waals surface area contributed by atoms with Gasteiger partial charge in [-0.05, 0) is 35.4 Å². The molecule has 0 saturated carbocycles. The molecule has 180 valence electrons. The smallest absolute Gasteiger partial charge is 0.325 e. The summed E-state index contributed by atoms with van der Waals surface area (Å²) in [5.74, 6) is 0.100. The lowest BCUT2D eigenvalue weighted by Crippen LogP contribution is -2.46. The Hall–Kier alpha value is -3.97. The molecule has 0 bridgehead atoms. The summed E-state index contributed by atoms with van der Waals surface area (Å²) in [5, 5.41) is 13.5.